The number of aromatic nitrogens is 2. The average molecular weight is 359 g/mol. The molecule has 0 spiro atoms. The largest absolute Gasteiger partial charge is 0.478 e. The lowest BCUT2D eigenvalue weighted by molar-refractivity contribution is -0.272. The lowest BCUT2D eigenvalue weighted by atomic mass is 10.2. The SMILES string of the molecule is Cc1cnn(-c2ccc([N+](O)(O)Nc3ccc(C(=O)O)cc3)cc2F)c1. The van der Waals surface area contributed by atoms with Gasteiger partial charge in [0.1, 0.15) is 5.69 Å². The Morgan fingerprint density at radius 1 is 1.19 bits per heavy atom. The summed E-state index contributed by atoms with van der Waals surface area (Å²) in [6.45, 7) is 1.82. The Morgan fingerprint density at radius 2 is 1.88 bits per heavy atom. The Kier molecular flexibility index (Phi) is 4.43. The first-order valence-corrected chi connectivity index (χ1v) is 7.54. The summed E-state index contributed by atoms with van der Waals surface area (Å²) in [5.41, 5.74) is 3.47. The summed E-state index contributed by atoms with van der Waals surface area (Å²) in [6, 6.07) is 8.98. The second-order valence-corrected chi connectivity index (χ2v) is 5.69. The van der Waals surface area contributed by atoms with Crippen molar-refractivity contribution in [3.05, 3.63) is 71.8 Å². The molecule has 9 heteroatoms. The van der Waals surface area contributed by atoms with E-state index in [0.29, 0.717) is 0 Å². The minimum Gasteiger partial charge on any atom is -0.478 e. The second kappa shape index (κ2) is 6.56. The normalized spacial score (nSPS) is 11.4. The lowest BCUT2D eigenvalue weighted by Crippen LogP contribution is -2.47. The highest BCUT2D eigenvalue weighted by molar-refractivity contribution is 5.88. The maximum absolute atomic E-state index is 14.4. The molecule has 3 aromatic rings. The van der Waals surface area contributed by atoms with Crippen LogP contribution in [0.4, 0.5) is 15.8 Å². The van der Waals surface area contributed by atoms with Crippen LogP contribution in [0.15, 0.2) is 54.9 Å². The molecule has 0 aliphatic rings. The van der Waals surface area contributed by atoms with Gasteiger partial charge in [-0.1, -0.05) is 0 Å². The van der Waals surface area contributed by atoms with Crippen LogP contribution in [-0.4, -0.2) is 31.3 Å². The fourth-order valence-corrected chi connectivity index (χ4v) is 2.35. The highest BCUT2D eigenvalue weighted by Crippen LogP contribution is 2.25. The van der Waals surface area contributed by atoms with Crippen LogP contribution < -0.4 is 10.3 Å². The molecule has 0 fully saturated rings. The quantitative estimate of drug-likeness (QED) is 0.412. The van der Waals surface area contributed by atoms with E-state index in [2.05, 4.69) is 10.5 Å². The van der Waals surface area contributed by atoms with Gasteiger partial charge in [-0.15, -0.1) is 10.4 Å². The predicted molar refractivity (Wildman–Crippen MR) is 90.7 cm³/mol. The molecule has 0 saturated carbocycles. The number of hydrogen-bond acceptors (Lipinski definition) is 5. The Morgan fingerprint density at radius 3 is 2.42 bits per heavy atom. The summed E-state index contributed by atoms with van der Waals surface area (Å²) in [7, 11) is 0. The third-order valence-electron chi connectivity index (χ3n) is 3.67. The number of aryl methyl sites for hydroxylation is 1. The van der Waals surface area contributed by atoms with Crippen molar-refractivity contribution in [1.29, 1.82) is 0 Å². The van der Waals surface area contributed by atoms with Gasteiger partial charge in [0.2, 0.25) is 5.69 Å². The maximum Gasteiger partial charge on any atom is 0.335 e. The third kappa shape index (κ3) is 3.54. The van der Waals surface area contributed by atoms with E-state index < -0.39 is 16.7 Å². The zero-order chi connectivity index (χ0) is 18.9. The molecule has 2 aromatic carbocycles. The van der Waals surface area contributed by atoms with Crippen LogP contribution in [0.5, 0.6) is 0 Å². The van der Waals surface area contributed by atoms with Crippen molar-refractivity contribution in [2.45, 2.75) is 6.92 Å². The number of benzene rings is 2. The molecule has 26 heavy (non-hydrogen) atoms. The van der Waals surface area contributed by atoms with Gasteiger partial charge >= 0.3 is 5.97 Å². The van der Waals surface area contributed by atoms with E-state index in [0.717, 1.165) is 11.6 Å². The van der Waals surface area contributed by atoms with Crippen molar-refractivity contribution < 1.29 is 24.7 Å². The van der Waals surface area contributed by atoms with Crippen LogP contribution >= 0.6 is 0 Å². The van der Waals surface area contributed by atoms with E-state index in [1.165, 1.54) is 41.1 Å². The summed E-state index contributed by atoms with van der Waals surface area (Å²) >= 11 is 0. The summed E-state index contributed by atoms with van der Waals surface area (Å²) in [6.07, 6.45) is 3.22. The first-order chi connectivity index (χ1) is 12.3. The van der Waals surface area contributed by atoms with Gasteiger partial charge in [0.15, 0.2) is 5.82 Å². The number of hydrogen-bond donors (Lipinski definition) is 4. The summed E-state index contributed by atoms with van der Waals surface area (Å²) < 4.78 is 15.7. The molecule has 0 aliphatic heterocycles. The van der Waals surface area contributed by atoms with E-state index in [1.54, 1.807) is 12.4 Å². The number of quaternary nitrogens is 1. The van der Waals surface area contributed by atoms with Crippen molar-refractivity contribution in [3.63, 3.8) is 0 Å². The number of nitrogens with zero attached hydrogens (tertiary/aromatic N) is 3. The van der Waals surface area contributed by atoms with Crippen molar-refractivity contribution in [2.75, 3.05) is 5.43 Å². The highest BCUT2D eigenvalue weighted by Gasteiger charge is 2.29. The van der Waals surface area contributed by atoms with Gasteiger partial charge < -0.3 is 5.11 Å². The molecular weight excluding hydrogens is 343 g/mol. The van der Waals surface area contributed by atoms with Gasteiger partial charge in [0.25, 0.3) is 0 Å². The number of carboxylic acids is 1. The highest BCUT2D eigenvalue weighted by atomic mass is 19.1. The van der Waals surface area contributed by atoms with E-state index >= 15 is 0 Å². The van der Waals surface area contributed by atoms with Gasteiger partial charge in [-0.2, -0.15) is 10.5 Å². The average Bonchev–Trinajstić information content (AvgIpc) is 3.01. The third-order valence-corrected chi connectivity index (χ3v) is 3.67. The fraction of sp³-hybridized carbons (Fsp3) is 0.0588. The van der Waals surface area contributed by atoms with E-state index in [4.69, 9.17) is 5.11 Å². The van der Waals surface area contributed by atoms with Gasteiger partial charge in [-0.25, -0.2) is 13.9 Å². The first kappa shape index (κ1) is 17.5. The van der Waals surface area contributed by atoms with Gasteiger partial charge in [0, 0.05) is 18.3 Å². The van der Waals surface area contributed by atoms with Crippen LogP contribution in [-0.2, 0) is 0 Å². The zero-order valence-corrected chi connectivity index (χ0v) is 13.7. The molecule has 134 valence electrons. The van der Waals surface area contributed by atoms with Crippen molar-refractivity contribution in [1.82, 2.24) is 14.7 Å². The molecule has 0 unspecified atom stereocenters. The molecule has 0 bridgehead atoms. The fourth-order valence-electron chi connectivity index (χ4n) is 2.35. The summed E-state index contributed by atoms with van der Waals surface area (Å²) in [5.74, 6) is -1.80. The topological polar surface area (TPSA) is 108 Å². The number of aromatic carboxylic acids is 1. The van der Waals surface area contributed by atoms with Crippen molar-refractivity contribution in [2.24, 2.45) is 0 Å². The molecular formula is C17H16FN4O4+. The van der Waals surface area contributed by atoms with Crippen molar-refractivity contribution in [3.8, 4) is 5.69 Å². The Bertz CT molecular complexity index is 954. The predicted octanol–water partition coefficient (Wildman–Crippen LogP) is 3.13. The van der Waals surface area contributed by atoms with Gasteiger partial charge in [-0.05, 0) is 42.8 Å². The molecule has 3 rings (SSSR count). The van der Waals surface area contributed by atoms with Crippen LogP contribution in [0.2, 0.25) is 0 Å². The number of rotatable bonds is 5. The number of anilines is 1. The monoisotopic (exact) mass is 359 g/mol. The molecule has 0 atom stereocenters. The molecule has 0 radical (unpaired) electrons. The standard InChI is InChI=1S/C17H15FN4O4/c1-11-9-19-21(10-11)16-7-6-14(8-15(16)18)22(25,26)20-13-4-2-12(3-5-13)17(23)24/h2-10,20,25-26H,1H3/p+1. The van der Waals surface area contributed by atoms with Crippen LogP contribution in [0.3, 0.4) is 0 Å². The lowest BCUT2D eigenvalue weighted by Gasteiger charge is -2.21. The number of carbonyl (C=O) groups is 1. The van der Waals surface area contributed by atoms with Crippen LogP contribution in [0.1, 0.15) is 15.9 Å². The minimum absolute atomic E-state index is 0.0504. The number of nitrogens with one attached hydrogen (secondary N) is 1. The number of halogens is 1. The Hall–Kier alpha value is -3.27. The molecule has 4 N–H and O–H groups in total. The molecule has 1 aromatic heterocycles. The molecule has 0 aliphatic carbocycles. The summed E-state index contributed by atoms with van der Waals surface area (Å²) in [5, 5.41) is 33.2. The summed E-state index contributed by atoms with van der Waals surface area (Å²) in [4.78, 5) is 9.02. The molecule has 0 amide bonds. The smallest absolute Gasteiger partial charge is 0.335 e. The Balaban J connectivity index is 1.84. The van der Waals surface area contributed by atoms with Crippen molar-refractivity contribution >= 4 is 17.3 Å². The van der Waals surface area contributed by atoms with Crippen LogP contribution in [0.25, 0.3) is 5.69 Å². The second-order valence-electron chi connectivity index (χ2n) is 5.69. The molecule has 1 heterocycles. The van der Waals surface area contributed by atoms with E-state index in [1.807, 2.05) is 6.92 Å². The Labute approximate surface area is 147 Å². The van der Waals surface area contributed by atoms with E-state index in [-0.39, 0.29) is 22.6 Å². The van der Waals surface area contributed by atoms with Gasteiger partial charge in [0.05, 0.1) is 22.4 Å². The van der Waals surface area contributed by atoms with E-state index in [9.17, 15) is 19.6 Å². The molecule has 8 nitrogen and oxygen atoms in total. The zero-order valence-electron chi connectivity index (χ0n) is 13.7. The number of carboxylic acid groups (broad SMARTS) is 1. The molecule has 0 saturated heterocycles. The first-order valence-electron chi connectivity index (χ1n) is 7.54. The van der Waals surface area contributed by atoms with Gasteiger partial charge in [-0.3, -0.25) is 0 Å². The van der Waals surface area contributed by atoms with Crippen LogP contribution in [0, 0.1) is 12.7 Å². The maximum atomic E-state index is 14.4. The minimum atomic E-state index is -1.82.